The van der Waals surface area contributed by atoms with Crippen LogP contribution in [0, 0.1) is 11.3 Å². The molecule has 0 amide bonds. The van der Waals surface area contributed by atoms with Gasteiger partial charge in [0, 0.05) is 12.4 Å². The summed E-state index contributed by atoms with van der Waals surface area (Å²) in [4.78, 5) is 3.96. The Bertz CT molecular complexity index is 279. The zero-order valence-corrected chi connectivity index (χ0v) is 7.35. The SMILES string of the molecule is N#CCC(O)CCc1cccnc1. The molecule has 0 bridgehead atoms. The molecule has 68 valence electrons. The van der Waals surface area contributed by atoms with Crippen LogP contribution in [-0.2, 0) is 6.42 Å². The number of aromatic nitrogens is 1. The first-order valence-electron chi connectivity index (χ1n) is 4.27. The maximum Gasteiger partial charge on any atom is 0.0673 e. The third kappa shape index (κ3) is 3.68. The lowest BCUT2D eigenvalue weighted by Gasteiger charge is -2.04. The molecule has 13 heavy (non-hydrogen) atoms. The molecule has 0 aliphatic carbocycles. The molecule has 1 atom stereocenters. The van der Waals surface area contributed by atoms with E-state index in [1.807, 2.05) is 18.2 Å². The Morgan fingerprint density at radius 3 is 3.08 bits per heavy atom. The van der Waals surface area contributed by atoms with Crippen LogP contribution >= 0.6 is 0 Å². The summed E-state index contributed by atoms with van der Waals surface area (Å²) in [6.07, 6.45) is 4.59. The van der Waals surface area contributed by atoms with Crippen LogP contribution in [0.15, 0.2) is 24.5 Å². The zero-order valence-electron chi connectivity index (χ0n) is 7.35. The Hall–Kier alpha value is -1.40. The molecule has 1 unspecified atom stereocenters. The third-order valence-electron chi connectivity index (χ3n) is 1.82. The Morgan fingerprint density at radius 2 is 2.46 bits per heavy atom. The van der Waals surface area contributed by atoms with Gasteiger partial charge in [0.1, 0.15) is 0 Å². The number of aliphatic hydroxyl groups is 1. The zero-order chi connectivity index (χ0) is 9.52. The number of aliphatic hydroxyl groups excluding tert-OH is 1. The minimum absolute atomic E-state index is 0.209. The highest BCUT2D eigenvalue weighted by Gasteiger charge is 2.02. The molecule has 0 saturated heterocycles. The van der Waals surface area contributed by atoms with Gasteiger partial charge in [-0.3, -0.25) is 4.98 Å². The summed E-state index contributed by atoms with van der Waals surface area (Å²) in [7, 11) is 0. The third-order valence-corrected chi connectivity index (χ3v) is 1.82. The Morgan fingerprint density at radius 1 is 1.62 bits per heavy atom. The molecule has 1 rings (SSSR count). The minimum atomic E-state index is -0.509. The second kappa shape index (κ2) is 5.28. The van der Waals surface area contributed by atoms with Gasteiger partial charge in [-0.05, 0) is 24.5 Å². The monoisotopic (exact) mass is 176 g/mol. The van der Waals surface area contributed by atoms with Crippen LogP contribution in [0.4, 0.5) is 0 Å². The van der Waals surface area contributed by atoms with E-state index in [4.69, 9.17) is 5.26 Å². The smallest absolute Gasteiger partial charge is 0.0673 e. The van der Waals surface area contributed by atoms with Gasteiger partial charge in [-0.25, -0.2) is 0 Å². The molecule has 0 fully saturated rings. The summed E-state index contributed by atoms with van der Waals surface area (Å²) >= 11 is 0. The van der Waals surface area contributed by atoms with Crippen molar-refractivity contribution in [3.05, 3.63) is 30.1 Å². The number of rotatable bonds is 4. The standard InChI is InChI=1S/C10H12N2O/c11-6-5-10(13)4-3-9-2-1-7-12-8-9/h1-2,7-8,10,13H,3-5H2. The first-order valence-corrected chi connectivity index (χ1v) is 4.27. The summed E-state index contributed by atoms with van der Waals surface area (Å²) in [6.45, 7) is 0. The van der Waals surface area contributed by atoms with E-state index in [2.05, 4.69) is 4.98 Å². The summed E-state index contributed by atoms with van der Waals surface area (Å²) in [5, 5.41) is 17.6. The quantitative estimate of drug-likeness (QED) is 0.752. The van der Waals surface area contributed by atoms with E-state index in [0.29, 0.717) is 6.42 Å². The highest BCUT2D eigenvalue weighted by molar-refractivity contribution is 5.08. The molecule has 1 aromatic heterocycles. The van der Waals surface area contributed by atoms with Crippen LogP contribution in [0.25, 0.3) is 0 Å². The lowest BCUT2D eigenvalue weighted by molar-refractivity contribution is 0.170. The number of aryl methyl sites for hydroxylation is 1. The van der Waals surface area contributed by atoms with Gasteiger partial charge in [0.2, 0.25) is 0 Å². The number of nitriles is 1. The second-order valence-corrected chi connectivity index (χ2v) is 2.92. The van der Waals surface area contributed by atoms with E-state index < -0.39 is 6.10 Å². The molecule has 1 heterocycles. The van der Waals surface area contributed by atoms with Gasteiger partial charge in [0.15, 0.2) is 0 Å². The molecular formula is C10H12N2O. The minimum Gasteiger partial charge on any atom is -0.392 e. The molecule has 0 aromatic carbocycles. The molecule has 0 saturated carbocycles. The summed E-state index contributed by atoms with van der Waals surface area (Å²) in [5.41, 5.74) is 1.10. The maximum absolute atomic E-state index is 9.27. The summed E-state index contributed by atoms with van der Waals surface area (Å²) < 4.78 is 0. The Kier molecular flexibility index (Phi) is 3.94. The van der Waals surface area contributed by atoms with Gasteiger partial charge in [0.05, 0.1) is 18.6 Å². The fraction of sp³-hybridized carbons (Fsp3) is 0.400. The van der Waals surface area contributed by atoms with Crippen molar-refractivity contribution in [2.45, 2.75) is 25.4 Å². The first kappa shape index (κ1) is 9.69. The van der Waals surface area contributed by atoms with Crippen LogP contribution in [-0.4, -0.2) is 16.2 Å². The van der Waals surface area contributed by atoms with E-state index in [9.17, 15) is 5.11 Å². The summed E-state index contributed by atoms with van der Waals surface area (Å²) in [5.74, 6) is 0. The molecule has 3 heteroatoms. The van der Waals surface area contributed by atoms with E-state index >= 15 is 0 Å². The lowest BCUT2D eigenvalue weighted by Crippen LogP contribution is -2.06. The van der Waals surface area contributed by atoms with Gasteiger partial charge < -0.3 is 5.11 Å². The second-order valence-electron chi connectivity index (χ2n) is 2.92. The fourth-order valence-corrected chi connectivity index (χ4v) is 1.09. The molecule has 0 radical (unpaired) electrons. The lowest BCUT2D eigenvalue weighted by atomic mass is 10.1. The molecule has 0 aliphatic rings. The van der Waals surface area contributed by atoms with Crippen molar-refractivity contribution in [1.29, 1.82) is 5.26 Å². The fourth-order valence-electron chi connectivity index (χ4n) is 1.09. The van der Waals surface area contributed by atoms with Crippen LogP contribution in [0.1, 0.15) is 18.4 Å². The van der Waals surface area contributed by atoms with Crippen molar-refractivity contribution in [2.75, 3.05) is 0 Å². The van der Waals surface area contributed by atoms with Crippen molar-refractivity contribution in [3.63, 3.8) is 0 Å². The maximum atomic E-state index is 9.27. The average Bonchev–Trinajstić information content (AvgIpc) is 2.17. The highest BCUT2D eigenvalue weighted by atomic mass is 16.3. The molecular weight excluding hydrogens is 164 g/mol. The largest absolute Gasteiger partial charge is 0.392 e. The molecule has 1 aromatic rings. The number of hydrogen-bond donors (Lipinski definition) is 1. The van der Waals surface area contributed by atoms with Crippen LogP contribution in [0.3, 0.4) is 0 Å². The van der Waals surface area contributed by atoms with E-state index in [1.165, 1.54) is 0 Å². The molecule has 0 spiro atoms. The topological polar surface area (TPSA) is 56.9 Å². The first-order chi connectivity index (χ1) is 6.33. The predicted octanol–water partition coefficient (Wildman–Crippen LogP) is 1.29. The number of nitrogens with zero attached hydrogens (tertiary/aromatic N) is 2. The van der Waals surface area contributed by atoms with Crippen molar-refractivity contribution in [2.24, 2.45) is 0 Å². The van der Waals surface area contributed by atoms with Crippen LogP contribution in [0.5, 0.6) is 0 Å². The van der Waals surface area contributed by atoms with Gasteiger partial charge >= 0.3 is 0 Å². The number of pyridine rings is 1. The van der Waals surface area contributed by atoms with Crippen LogP contribution in [0.2, 0.25) is 0 Å². The van der Waals surface area contributed by atoms with Crippen molar-refractivity contribution in [3.8, 4) is 6.07 Å². The van der Waals surface area contributed by atoms with E-state index in [0.717, 1.165) is 12.0 Å². The average molecular weight is 176 g/mol. The van der Waals surface area contributed by atoms with E-state index in [1.54, 1.807) is 12.4 Å². The number of hydrogen-bond acceptors (Lipinski definition) is 3. The van der Waals surface area contributed by atoms with Crippen molar-refractivity contribution in [1.82, 2.24) is 4.98 Å². The normalized spacial score (nSPS) is 12.0. The predicted molar refractivity (Wildman–Crippen MR) is 48.8 cm³/mol. The van der Waals surface area contributed by atoms with Crippen molar-refractivity contribution >= 4 is 0 Å². The Balaban J connectivity index is 2.32. The van der Waals surface area contributed by atoms with Crippen molar-refractivity contribution < 1.29 is 5.11 Å². The van der Waals surface area contributed by atoms with E-state index in [-0.39, 0.29) is 6.42 Å². The van der Waals surface area contributed by atoms with Crippen LogP contribution < -0.4 is 0 Å². The van der Waals surface area contributed by atoms with Gasteiger partial charge in [-0.2, -0.15) is 5.26 Å². The summed E-state index contributed by atoms with van der Waals surface area (Å²) in [6, 6.07) is 5.77. The highest BCUT2D eigenvalue weighted by Crippen LogP contribution is 2.05. The van der Waals surface area contributed by atoms with Gasteiger partial charge in [-0.1, -0.05) is 6.07 Å². The molecule has 3 nitrogen and oxygen atoms in total. The van der Waals surface area contributed by atoms with Gasteiger partial charge in [0.25, 0.3) is 0 Å². The molecule has 0 aliphatic heterocycles. The molecule has 1 N–H and O–H groups in total. The van der Waals surface area contributed by atoms with Gasteiger partial charge in [-0.15, -0.1) is 0 Å². The Labute approximate surface area is 77.7 Å².